The molecule has 0 saturated carbocycles. The predicted molar refractivity (Wildman–Crippen MR) is 211 cm³/mol. The van der Waals surface area contributed by atoms with Crippen LogP contribution in [-0.4, -0.2) is 79.3 Å². The van der Waals surface area contributed by atoms with Gasteiger partial charge in [0.1, 0.15) is 19.3 Å². The summed E-state index contributed by atoms with van der Waals surface area (Å²) in [7, 11) is 1.02. The summed E-state index contributed by atoms with van der Waals surface area (Å²) in [5.74, 6) is -0.820. The molecule has 2 N–H and O–H groups in total. The lowest BCUT2D eigenvalue weighted by atomic mass is 9.89. The quantitative estimate of drug-likeness (QED) is 0.0277. The molecule has 0 aliphatic rings. The number of phosphoric ester groups is 1. The highest BCUT2D eigenvalue weighted by Gasteiger charge is 2.38. The number of nitrogens with zero attached hydrogens (tertiary/aromatic N) is 1. The van der Waals surface area contributed by atoms with E-state index in [1.165, 1.54) is 109 Å². The minimum absolute atomic E-state index is 0.168. The van der Waals surface area contributed by atoms with Gasteiger partial charge in [0.25, 0.3) is 0 Å². The van der Waals surface area contributed by atoms with Crippen LogP contribution in [-0.2, 0) is 27.9 Å². The van der Waals surface area contributed by atoms with Gasteiger partial charge in [-0.25, -0.2) is 4.57 Å². The highest BCUT2D eigenvalue weighted by atomic mass is 31.2. The maximum absolute atomic E-state index is 13.7. The van der Waals surface area contributed by atoms with Crippen molar-refractivity contribution >= 4 is 19.6 Å². The summed E-state index contributed by atoms with van der Waals surface area (Å²) in [5.41, 5.74) is 0. The van der Waals surface area contributed by atoms with Crippen molar-refractivity contribution in [2.45, 2.75) is 206 Å². The molecule has 0 heterocycles. The number of ketones is 1. The van der Waals surface area contributed by atoms with Gasteiger partial charge in [-0.05, 0) is 19.3 Å². The first-order valence-corrected chi connectivity index (χ1v) is 22.7. The van der Waals surface area contributed by atoms with Gasteiger partial charge in [-0.3, -0.25) is 18.6 Å². The van der Waals surface area contributed by atoms with Gasteiger partial charge in [0.15, 0.2) is 11.9 Å². The number of phosphoric acid groups is 1. The number of Topliss-reactive ketones (excluding diaryl/α,β-unsaturated/α-hetero) is 1. The van der Waals surface area contributed by atoms with Crippen LogP contribution in [0, 0.1) is 5.92 Å². The highest BCUT2D eigenvalue weighted by Crippen LogP contribution is 2.45. The zero-order valence-electron chi connectivity index (χ0n) is 34.2. The molecule has 0 aromatic heterocycles. The summed E-state index contributed by atoms with van der Waals surface area (Å²) < 4.78 is 29.1. The second kappa shape index (κ2) is 32.6. The maximum Gasteiger partial charge on any atom is 0.473 e. The molecular weight excluding hydrogens is 665 g/mol. The third kappa shape index (κ3) is 32.3. The molecule has 0 aliphatic heterocycles. The number of quaternary nitrogens is 1. The fourth-order valence-corrected chi connectivity index (χ4v) is 7.47. The van der Waals surface area contributed by atoms with Crippen LogP contribution in [0.25, 0.3) is 0 Å². The largest absolute Gasteiger partial charge is 0.473 e. The van der Waals surface area contributed by atoms with E-state index in [2.05, 4.69) is 13.8 Å². The zero-order valence-corrected chi connectivity index (χ0v) is 35.1. The first kappa shape index (κ1) is 50.2. The molecule has 10 heteroatoms. The molecule has 0 amide bonds. The molecule has 4 atom stereocenters. The molecule has 0 aliphatic carbocycles. The Kier molecular flexibility index (Phi) is 32.1. The van der Waals surface area contributed by atoms with Gasteiger partial charge in [0.05, 0.1) is 27.7 Å². The topological polar surface area (TPSA) is 119 Å². The molecule has 0 fully saturated rings. The number of unbranched alkanes of at least 4 members (excludes halogenated alkanes) is 21. The van der Waals surface area contributed by atoms with Crippen LogP contribution in [0.15, 0.2) is 0 Å². The Morgan fingerprint density at radius 2 is 1.04 bits per heavy atom. The Bertz CT molecular complexity index is 880. The molecule has 0 radical (unpaired) electrons. The van der Waals surface area contributed by atoms with Crippen LogP contribution in [0.4, 0.5) is 0 Å². The van der Waals surface area contributed by atoms with E-state index in [-0.39, 0.29) is 31.3 Å². The monoisotopic (exact) mass is 749 g/mol. The molecule has 51 heavy (non-hydrogen) atoms. The number of esters is 1. The lowest BCUT2D eigenvalue weighted by Gasteiger charge is -2.31. The number of carbonyl (C=O) groups is 2. The van der Waals surface area contributed by atoms with Crippen LogP contribution < -0.4 is 0 Å². The Balaban J connectivity index is 4.41. The molecule has 3 unspecified atom stereocenters. The van der Waals surface area contributed by atoms with Gasteiger partial charge in [0, 0.05) is 12.3 Å². The normalized spacial score (nSPS) is 15.0. The summed E-state index contributed by atoms with van der Waals surface area (Å²) >= 11 is 0. The fourth-order valence-electron chi connectivity index (χ4n) is 6.56. The summed E-state index contributed by atoms with van der Waals surface area (Å²) in [6.45, 7) is 5.83. The van der Waals surface area contributed by atoms with Gasteiger partial charge in [-0.2, -0.15) is 0 Å². The molecule has 0 rings (SSSR count). The van der Waals surface area contributed by atoms with Crippen LogP contribution in [0.3, 0.4) is 0 Å². The van der Waals surface area contributed by atoms with Crippen LogP contribution in [0.1, 0.15) is 194 Å². The van der Waals surface area contributed by atoms with E-state index in [1.54, 1.807) is 0 Å². The van der Waals surface area contributed by atoms with E-state index in [4.69, 9.17) is 13.8 Å². The Labute approximate surface area is 314 Å². The van der Waals surface area contributed by atoms with E-state index in [9.17, 15) is 24.2 Å². The van der Waals surface area contributed by atoms with Crippen LogP contribution in [0.5, 0.6) is 0 Å². The number of rotatable bonds is 38. The number of hydrogen-bond donors (Lipinski definition) is 2. The molecule has 0 aromatic carbocycles. The Hall–Kier alpha value is -0.830. The van der Waals surface area contributed by atoms with Gasteiger partial charge in [-0.1, -0.05) is 168 Å². The van der Waals surface area contributed by atoms with Crippen LogP contribution in [0.2, 0.25) is 0 Å². The average molecular weight is 749 g/mol. The van der Waals surface area contributed by atoms with Crippen molar-refractivity contribution in [1.29, 1.82) is 0 Å². The molecular formula is C41H83NO8P+. The number of hydrogen-bond acceptors (Lipinski definition) is 7. The zero-order chi connectivity index (χ0) is 38.2. The number of carbonyl (C=O) groups excluding carboxylic acids is 2. The number of aliphatic hydroxyl groups is 1. The van der Waals surface area contributed by atoms with Crippen LogP contribution >= 0.6 is 7.82 Å². The van der Waals surface area contributed by atoms with Crippen molar-refractivity contribution in [3.63, 3.8) is 0 Å². The number of aliphatic hydroxyl groups excluding tert-OH is 1. The Morgan fingerprint density at radius 3 is 1.47 bits per heavy atom. The number of likely N-dealkylation sites (N-methyl/N-ethyl adjacent to an activating group) is 1. The van der Waals surface area contributed by atoms with E-state index in [1.807, 2.05) is 28.1 Å². The van der Waals surface area contributed by atoms with Crippen molar-refractivity contribution in [3.05, 3.63) is 0 Å². The van der Waals surface area contributed by atoms with Gasteiger partial charge in [-0.15, -0.1) is 0 Å². The summed E-state index contributed by atoms with van der Waals surface area (Å²) in [4.78, 5) is 36.4. The third-order valence-electron chi connectivity index (χ3n) is 9.59. The summed E-state index contributed by atoms with van der Waals surface area (Å²) in [6.07, 6.45) is 28.3. The van der Waals surface area contributed by atoms with E-state index < -0.39 is 32.6 Å². The minimum atomic E-state index is -4.68. The fraction of sp³-hybridized carbons (Fsp3) is 0.951. The maximum atomic E-state index is 13.7. The van der Waals surface area contributed by atoms with Gasteiger partial charge in [0.2, 0.25) is 0 Å². The second-order valence-electron chi connectivity index (χ2n) is 16.0. The Morgan fingerprint density at radius 1 is 0.608 bits per heavy atom. The summed E-state index contributed by atoms with van der Waals surface area (Å²) in [6, 6.07) is 0. The highest BCUT2D eigenvalue weighted by molar-refractivity contribution is 7.47. The summed E-state index contributed by atoms with van der Waals surface area (Å²) in [5, 5.41) is 10.3. The number of ether oxygens (including phenoxy) is 1. The molecule has 0 spiro atoms. The molecule has 0 aromatic rings. The molecule has 304 valence electrons. The third-order valence-corrected chi connectivity index (χ3v) is 10.6. The minimum Gasteiger partial charge on any atom is -0.463 e. The molecule has 9 nitrogen and oxygen atoms in total. The van der Waals surface area contributed by atoms with Gasteiger partial charge >= 0.3 is 13.8 Å². The molecule has 0 bridgehead atoms. The first-order valence-electron chi connectivity index (χ1n) is 21.2. The van der Waals surface area contributed by atoms with Crippen molar-refractivity contribution in [3.8, 4) is 0 Å². The van der Waals surface area contributed by atoms with E-state index in [0.717, 1.165) is 51.4 Å². The van der Waals surface area contributed by atoms with Crippen molar-refractivity contribution < 1.29 is 42.4 Å². The van der Waals surface area contributed by atoms with E-state index >= 15 is 0 Å². The van der Waals surface area contributed by atoms with Gasteiger partial charge < -0.3 is 19.2 Å². The van der Waals surface area contributed by atoms with Crippen molar-refractivity contribution in [2.24, 2.45) is 5.92 Å². The predicted octanol–water partition coefficient (Wildman–Crippen LogP) is 10.9. The SMILES string of the molecule is CCCCCCCCCCCCCCCCCC(=O)OC[C@@H](O)COP(=O)(O)OC(C[N+](C)(C)C)C(=O)C(CCC)CCCCCCCCCC. The van der Waals surface area contributed by atoms with E-state index in [0.29, 0.717) is 10.9 Å². The standard InChI is InChI=1S/C41H82NO8P/c1-7-10-12-14-16-18-19-20-21-22-23-24-26-28-30-33-40(44)48-35-38(43)36-49-51(46,47)50-39(34-42(4,5)6)41(45)37(31-9-3)32-29-27-25-17-15-13-11-8-2/h37-39,43H,7-36H2,1-6H3/p+1/t37?,38-,39?/m1/s1. The lowest BCUT2D eigenvalue weighted by molar-refractivity contribution is -0.872. The smallest absolute Gasteiger partial charge is 0.463 e. The van der Waals surface area contributed by atoms with Crippen molar-refractivity contribution in [1.82, 2.24) is 0 Å². The first-order chi connectivity index (χ1) is 24.3. The van der Waals surface area contributed by atoms with Crippen molar-refractivity contribution in [2.75, 3.05) is 40.9 Å². The average Bonchev–Trinajstić information content (AvgIpc) is 3.07. The lowest BCUT2D eigenvalue weighted by Crippen LogP contribution is -2.47. The second-order valence-corrected chi connectivity index (χ2v) is 17.4. The molecule has 0 saturated heterocycles.